The Balaban J connectivity index is 3.81. The van der Waals surface area contributed by atoms with Gasteiger partial charge in [-0.25, -0.2) is 0 Å². The lowest BCUT2D eigenvalue weighted by atomic mass is 10.0. The second-order valence-electron chi connectivity index (χ2n) is 4.66. The Kier molecular flexibility index (Phi) is 7.39. The Bertz CT molecular complexity index is 176. The minimum Gasteiger partial charge on any atom is -0.354 e. The Morgan fingerprint density at radius 1 is 1.27 bits per heavy atom. The predicted molar refractivity (Wildman–Crippen MR) is 64.5 cm³/mol. The van der Waals surface area contributed by atoms with Gasteiger partial charge >= 0.3 is 0 Å². The third kappa shape index (κ3) is 6.50. The van der Waals surface area contributed by atoms with E-state index in [1.807, 2.05) is 0 Å². The number of carbonyl (C=O) groups is 1. The van der Waals surface area contributed by atoms with Crippen molar-refractivity contribution in [1.82, 2.24) is 5.32 Å². The van der Waals surface area contributed by atoms with Gasteiger partial charge in [-0.15, -0.1) is 0 Å². The van der Waals surface area contributed by atoms with Gasteiger partial charge in [0.1, 0.15) is 0 Å². The number of nitrogens with one attached hydrogen (secondary N) is 1. The van der Waals surface area contributed by atoms with Crippen molar-refractivity contribution in [3.63, 3.8) is 0 Å². The van der Waals surface area contributed by atoms with Crippen LogP contribution in [0.1, 0.15) is 47.0 Å². The van der Waals surface area contributed by atoms with Crippen LogP contribution < -0.4 is 11.1 Å². The first-order valence-electron chi connectivity index (χ1n) is 6.04. The predicted octanol–water partition coefficient (Wildman–Crippen LogP) is 1.91. The fourth-order valence-corrected chi connectivity index (χ4v) is 1.57. The fourth-order valence-electron chi connectivity index (χ4n) is 1.57. The summed E-state index contributed by atoms with van der Waals surface area (Å²) >= 11 is 0. The molecule has 1 atom stereocenters. The van der Waals surface area contributed by atoms with E-state index in [1.165, 1.54) is 0 Å². The van der Waals surface area contributed by atoms with Crippen molar-refractivity contribution >= 4 is 5.91 Å². The fraction of sp³-hybridized carbons (Fsp3) is 0.917. The zero-order valence-corrected chi connectivity index (χ0v) is 10.5. The van der Waals surface area contributed by atoms with E-state index in [2.05, 4.69) is 33.0 Å². The van der Waals surface area contributed by atoms with E-state index < -0.39 is 0 Å². The summed E-state index contributed by atoms with van der Waals surface area (Å²) in [4.78, 5) is 11.6. The molecule has 0 rings (SSSR count). The number of amides is 1. The van der Waals surface area contributed by atoms with Crippen molar-refractivity contribution < 1.29 is 4.79 Å². The smallest absolute Gasteiger partial charge is 0.236 e. The van der Waals surface area contributed by atoms with Crippen LogP contribution in [0.25, 0.3) is 0 Å². The largest absolute Gasteiger partial charge is 0.354 e. The summed E-state index contributed by atoms with van der Waals surface area (Å²) in [5.41, 5.74) is 5.78. The van der Waals surface area contributed by atoms with Crippen LogP contribution in [-0.2, 0) is 4.79 Å². The highest BCUT2D eigenvalue weighted by atomic mass is 16.2. The molecule has 0 unspecified atom stereocenters. The maximum atomic E-state index is 11.6. The molecule has 0 heterocycles. The molecule has 0 aliphatic carbocycles. The SMILES string of the molecule is CCC(CC)CNC(=O)[C@H](N)CC(C)C. The molecule has 0 fully saturated rings. The minimum absolute atomic E-state index is 0.00407. The van der Waals surface area contributed by atoms with Gasteiger partial charge in [0, 0.05) is 6.54 Å². The van der Waals surface area contributed by atoms with Crippen molar-refractivity contribution in [2.75, 3.05) is 6.54 Å². The quantitative estimate of drug-likeness (QED) is 0.680. The summed E-state index contributed by atoms with van der Waals surface area (Å²) in [6.45, 7) is 9.21. The van der Waals surface area contributed by atoms with Crippen LogP contribution in [0.2, 0.25) is 0 Å². The van der Waals surface area contributed by atoms with E-state index in [1.54, 1.807) is 0 Å². The second kappa shape index (κ2) is 7.69. The number of carbonyl (C=O) groups excluding carboxylic acids is 1. The van der Waals surface area contributed by atoms with Crippen LogP contribution in [0.3, 0.4) is 0 Å². The van der Waals surface area contributed by atoms with Crippen LogP contribution in [0.4, 0.5) is 0 Å². The van der Waals surface area contributed by atoms with Gasteiger partial charge in [0.15, 0.2) is 0 Å². The summed E-state index contributed by atoms with van der Waals surface area (Å²) < 4.78 is 0. The lowest BCUT2D eigenvalue weighted by Crippen LogP contribution is -2.43. The number of nitrogens with two attached hydrogens (primary N) is 1. The Morgan fingerprint density at radius 3 is 2.20 bits per heavy atom. The highest BCUT2D eigenvalue weighted by Gasteiger charge is 2.15. The first-order valence-corrected chi connectivity index (χ1v) is 6.04. The third-order valence-corrected chi connectivity index (χ3v) is 2.78. The average Bonchev–Trinajstić information content (AvgIpc) is 2.18. The first-order chi connectivity index (χ1) is 7.01. The molecule has 15 heavy (non-hydrogen) atoms. The third-order valence-electron chi connectivity index (χ3n) is 2.78. The van der Waals surface area contributed by atoms with Crippen molar-refractivity contribution in [3.05, 3.63) is 0 Å². The van der Waals surface area contributed by atoms with Crippen LogP contribution in [-0.4, -0.2) is 18.5 Å². The average molecular weight is 214 g/mol. The Hall–Kier alpha value is -0.570. The maximum Gasteiger partial charge on any atom is 0.236 e. The molecule has 0 aliphatic heterocycles. The molecule has 0 spiro atoms. The monoisotopic (exact) mass is 214 g/mol. The van der Waals surface area contributed by atoms with Gasteiger partial charge in [-0.1, -0.05) is 40.5 Å². The summed E-state index contributed by atoms with van der Waals surface area (Å²) in [5.74, 6) is 1.05. The zero-order chi connectivity index (χ0) is 11.8. The van der Waals surface area contributed by atoms with Gasteiger partial charge in [-0.3, -0.25) is 4.79 Å². The van der Waals surface area contributed by atoms with E-state index in [0.717, 1.165) is 25.8 Å². The van der Waals surface area contributed by atoms with Crippen molar-refractivity contribution in [2.24, 2.45) is 17.6 Å². The molecule has 0 saturated carbocycles. The Morgan fingerprint density at radius 2 is 1.80 bits per heavy atom. The number of hydrogen-bond acceptors (Lipinski definition) is 2. The summed E-state index contributed by atoms with van der Waals surface area (Å²) in [5, 5.41) is 2.93. The van der Waals surface area contributed by atoms with Gasteiger partial charge in [0.05, 0.1) is 6.04 Å². The highest BCUT2D eigenvalue weighted by molar-refractivity contribution is 5.81. The molecule has 3 heteroatoms. The molecule has 0 aromatic rings. The van der Waals surface area contributed by atoms with Gasteiger partial charge in [-0.05, 0) is 18.3 Å². The normalized spacial score (nSPS) is 13.3. The van der Waals surface area contributed by atoms with Crippen molar-refractivity contribution in [2.45, 2.75) is 53.0 Å². The molecular weight excluding hydrogens is 188 g/mol. The zero-order valence-electron chi connectivity index (χ0n) is 10.5. The van der Waals surface area contributed by atoms with Gasteiger partial charge < -0.3 is 11.1 Å². The van der Waals surface area contributed by atoms with E-state index in [9.17, 15) is 4.79 Å². The van der Waals surface area contributed by atoms with Gasteiger partial charge in [0.25, 0.3) is 0 Å². The Labute approximate surface area is 93.8 Å². The van der Waals surface area contributed by atoms with Crippen LogP contribution in [0.15, 0.2) is 0 Å². The van der Waals surface area contributed by atoms with Crippen molar-refractivity contribution in [1.29, 1.82) is 0 Å². The molecule has 3 N–H and O–H groups in total. The van der Waals surface area contributed by atoms with E-state index >= 15 is 0 Å². The molecular formula is C12H26N2O. The molecule has 0 radical (unpaired) electrons. The van der Waals surface area contributed by atoms with Crippen LogP contribution in [0.5, 0.6) is 0 Å². The van der Waals surface area contributed by atoms with E-state index in [-0.39, 0.29) is 11.9 Å². The first kappa shape index (κ1) is 14.4. The summed E-state index contributed by atoms with van der Waals surface area (Å²) in [6.07, 6.45) is 2.97. The molecule has 90 valence electrons. The van der Waals surface area contributed by atoms with Gasteiger partial charge in [-0.2, -0.15) is 0 Å². The van der Waals surface area contributed by atoms with Crippen LogP contribution in [0, 0.1) is 11.8 Å². The molecule has 0 bridgehead atoms. The lowest BCUT2D eigenvalue weighted by molar-refractivity contribution is -0.122. The summed E-state index contributed by atoms with van der Waals surface area (Å²) in [6, 6.07) is -0.348. The number of rotatable bonds is 7. The highest BCUT2D eigenvalue weighted by Crippen LogP contribution is 2.06. The molecule has 0 aromatic heterocycles. The molecule has 0 saturated heterocycles. The minimum atomic E-state index is -0.348. The molecule has 3 nitrogen and oxygen atoms in total. The molecule has 0 aromatic carbocycles. The number of hydrogen-bond donors (Lipinski definition) is 2. The van der Waals surface area contributed by atoms with Gasteiger partial charge in [0.2, 0.25) is 5.91 Å². The topological polar surface area (TPSA) is 55.1 Å². The van der Waals surface area contributed by atoms with E-state index in [4.69, 9.17) is 5.73 Å². The molecule has 0 aliphatic rings. The standard InChI is InChI=1S/C12H26N2O/c1-5-10(6-2)8-14-12(15)11(13)7-9(3)4/h9-11H,5-8,13H2,1-4H3,(H,14,15)/t11-/m1/s1. The van der Waals surface area contributed by atoms with Crippen molar-refractivity contribution in [3.8, 4) is 0 Å². The van der Waals surface area contributed by atoms with E-state index in [0.29, 0.717) is 11.8 Å². The second-order valence-corrected chi connectivity index (χ2v) is 4.66. The lowest BCUT2D eigenvalue weighted by Gasteiger charge is -2.17. The maximum absolute atomic E-state index is 11.6. The molecule has 1 amide bonds. The summed E-state index contributed by atoms with van der Waals surface area (Å²) in [7, 11) is 0. The van der Waals surface area contributed by atoms with Crippen LogP contribution >= 0.6 is 0 Å².